The molecule has 1 aliphatic heterocycles. The summed E-state index contributed by atoms with van der Waals surface area (Å²) in [6.45, 7) is 2.24. The van der Waals surface area contributed by atoms with Gasteiger partial charge < -0.3 is 0 Å². The molecule has 0 spiro atoms. The molecular formula is C15H29ClO2S. The van der Waals surface area contributed by atoms with Crippen LogP contribution in [0.2, 0.25) is 0 Å². The summed E-state index contributed by atoms with van der Waals surface area (Å²) in [6.07, 6.45) is 11.1. The van der Waals surface area contributed by atoms with Crippen LogP contribution in [0.15, 0.2) is 0 Å². The molecule has 2 atom stereocenters. The molecule has 1 heterocycles. The average molecular weight is 309 g/mol. The molecular weight excluding hydrogens is 280 g/mol. The van der Waals surface area contributed by atoms with Crippen LogP contribution in [-0.2, 0) is 9.84 Å². The minimum absolute atomic E-state index is 0.322. The summed E-state index contributed by atoms with van der Waals surface area (Å²) < 4.78 is 23.0. The zero-order valence-corrected chi connectivity index (χ0v) is 13.8. The zero-order valence-electron chi connectivity index (χ0n) is 12.2. The number of halogens is 1. The molecule has 0 radical (unpaired) electrons. The van der Waals surface area contributed by atoms with Crippen molar-refractivity contribution in [2.45, 2.75) is 64.7 Å². The Hall–Kier alpha value is 0.240. The Morgan fingerprint density at radius 2 is 1.74 bits per heavy atom. The Labute approximate surface area is 124 Å². The largest absolute Gasteiger partial charge is 0.229 e. The number of hydrogen-bond acceptors (Lipinski definition) is 2. The summed E-state index contributed by atoms with van der Waals surface area (Å²) in [5.41, 5.74) is 0. The van der Waals surface area contributed by atoms with Gasteiger partial charge in [0.15, 0.2) is 9.84 Å². The lowest BCUT2D eigenvalue weighted by Gasteiger charge is -2.19. The highest BCUT2D eigenvalue weighted by Gasteiger charge is 2.32. The van der Waals surface area contributed by atoms with Crippen LogP contribution >= 0.6 is 11.6 Å². The maximum atomic E-state index is 11.5. The summed E-state index contributed by atoms with van der Waals surface area (Å²) in [7, 11) is -2.75. The molecule has 0 aromatic carbocycles. The number of rotatable bonds is 10. The van der Waals surface area contributed by atoms with Gasteiger partial charge in [0, 0.05) is 5.88 Å². The Kier molecular flexibility index (Phi) is 8.40. The van der Waals surface area contributed by atoms with Crippen molar-refractivity contribution in [3.63, 3.8) is 0 Å². The fourth-order valence-electron chi connectivity index (χ4n) is 3.00. The highest BCUT2D eigenvalue weighted by molar-refractivity contribution is 7.91. The molecule has 0 bridgehead atoms. The van der Waals surface area contributed by atoms with E-state index >= 15 is 0 Å². The van der Waals surface area contributed by atoms with E-state index in [1.165, 1.54) is 44.9 Å². The predicted molar refractivity (Wildman–Crippen MR) is 83.6 cm³/mol. The second-order valence-electron chi connectivity index (χ2n) is 5.99. The first-order chi connectivity index (χ1) is 9.09. The van der Waals surface area contributed by atoms with E-state index < -0.39 is 9.84 Å². The Bertz CT molecular complexity index is 327. The van der Waals surface area contributed by atoms with E-state index in [1.54, 1.807) is 0 Å². The molecule has 1 rings (SSSR count). The number of sulfone groups is 1. The van der Waals surface area contributed by atoms with Gasteiger partial charge in [-0.05, 0) is 24.7 Å². The van der Waals surface area contributed by atoms with Crippen molar-refractivity contribution in [1.29, 1.82) is 0 Å². The second-order valence-corrected chi connectivity index (χ2v) is 8.52. The molecule has 2 unspecified atom stereocenters. The van der Waals surface area contributed by atoms with Crippen LogP contribution in [0.3, 0.4) is 0 Å². The van der Waals surface area contributed by atoms with Gasteiger partial charge in [0.05, 0.1) is 11.5 Å². The fourth-order valence-corrected chi connectivity index (χ4v) is 5.32. The van der Waals surface area contributed by atoms with E-state index in [4.69, 9.17) is 11.6 Å². The maximum absolute atomic E-state index is 11.5. The van der Waals surface area contributed by atoms with E-state index in [0.717, 1.165) is 12.8 Å². The number of hydrogen-bond donors (Lipinski definition) is 0. The summed E-state index contributed by atoms with van der Waals surface area (Å²) >= 11 is 6.03. The maximum Gasteiger partial charge on any atom is 0.150 e. The van der Waals surface area contributed by atoms with Crippen LogP contribution in [0.1, 0.15) is 64.7 Å². The van der Waals surface area contributed by atoms with E-state index in [9.17, 15) is 8.42 Å². The van der Waals surface area contributed by atoms with E-state index in [-0.39, 0.29) is 0 Å². The van der Waals surface area contributed by atoms with Gasteiger partial charge in [-0.1, -0.05) is 51.9 Å². The van der Waals surface area contributed by atoms with Crippen molar-refractivity contribution >= 4 is 21.4 Å². The minimum Gasteiger partial charge on any atom is -0.229 e. The highest BCUT2D eigenvalue weighted by atomic mass is 35.5. The highest BCUT2D eigenvalue weighted by Crippen LogP contribution is 2.30. The van der Waals surface area contributed by atoms with Crippen molar-refractivity contribution in [3.05, 3.63) is 0 Å². The first kappa shape index (κ1) is 17.3. The van der Waals surface area contributed by atoms with E-state index in [1.807, 2.05) is 0 Å². The van der Waals surface area contributed by atoms with Crippen LogP contribution in [0.5, 0.6) is 0 Å². The molecule has 4 heteroatoms. The van der Waals surface area contributed by atoms with Crippen molar-refractivity contribution in [2.24, 2.45) is 11.8 Å². The third-order valence-electron chi connectivity index (χ3n) is 4.31. The second kappa shape index (κ2) is 9.23. The van der Waals surface area contributed by atoms with Crippen molar-refractivity contribution < 1.29 is 8.42 Å². The van der Waals surface area contributed by atoms with Crippen LogP contribution in [-0.4, -0.2) is 25.8 Å². The zero-order chi connectivity index (χ0) is 14.1. The van der Waals surface area contributed by atoms with Gasteiger partial charge in [-0.15, -0.1) is 11.6 Å². The summed E-state index contributed by atoms with van der Waals surface area (Å²) in [6, 6.07) is 0. The average Bonchev–Trinajstić information content (AvgIpc) is 2.73. The first-order valence-corrected chi connectivity index (χ1v) is 10.2. The summed E-state index contributed by atoms with van der Waals surface area (Å²) in [5, 5.41) is 0. The van der Waals surface area contributed by atoms with Crippen LogP contribution < -0.4 is 0 Å². The van der Waals surface area contributed by atoms with Crippen molar-refractivity contribution in [3.8, 4) is 0 Å². The molecule has 0 amide bonds. The van der Waals surface area contributed by atoms with E-state index in [2.05, 4.69) is 6.92 Å². The number of alkyl halides is 1. The molecule has 2 nitrogen and oxygen atoms in total. The van der Waals surface area contributed by atoms with Gasteiger partial charge in [0.25, 0.3) is 0 Å². The molecule has 0 aromatic rings. The molecule has 114 valence electrons. The molecule has 0 aliphatic carbocycles. The summed E-state index contributed by atoms with van der Waals surface area (Å²) in [5.74, 6) is 2.11. The third kappa shape index (κ3) is 6.99. The summed E-state index contributed by atoms with van der Waals surface area (Å²) in [4.78, 5) is 0. The standard InChI is InChI=1S/C15H29ClO2S/c1-2-3-4-5-6-7-8-9-14(12-16)15-10-11-19(17,18)13-15/h14-15H,2-13H2,1H3. The third-order valence-corrected chi connectivity index (χ3v) is 6.50. The molecule has 1 aliphatic rings. The van der Waals surface area contributed by atoms with Crippen LogP contribution in [0.25, 0.3) is 0 Å². The van der Waals surface area contributed by atoms with Crippen LogP contribution in [0, 0.1) is 11.8 Å². The van der Waals surface area contributed by atoms with E-state index in [0.29, 0.717) is 29.2 Å². The molecule has 0 saturated carbocycles. The quantitative estimate of drug-likeness (QED) is 0.442. The van der Waals surface area contributed by atoms with Gasteiger partial charge in [0.2, 0.25) is 0 Å². The SMILES string of the molecule is CCCCCCCCCC(CCl)C1CCS(=O)(=O)C1. The lowest BCUT2D eigenvalue weighted by Crippen LogP contribution is -2.18. The normalized spacial score (nSPS) is 23.6. The molecule has 19 heavy (non-hydrogen) atoms. The fraction of sp³-hybridized carbons (Fsp3) is 1.00. The Morgan fingerprint density at radius 3 is 2.26 bits per heavy atom. The molecule has 1 fully saturated rings. The predicted octanol–water partition coefficient (Wildman–Crippen LogP) is 4.42. The minimum atomic E-state index is -2.75. The monoisotopic (exact) mass is 308 g/mol. The Balaban J connectivity index is 2.12. The molecule has 0 N–H and O–H groups in total. The smallest absolute Gasteiger partial charge is 0.150 e. The van der Waals surface area contributed by atoms with Gasteiger partial charge in [-0.3, -0.25) is 0 Å². The van der Waals surface area contributed by atoms with Crippen molar-refractivity contribution in [2.75, 3.05) is 17.4 Å². The number of unbranched alkanes of at least 4 members (excludes halogenated alkanes) is 6. The lowest BCUT2D eigenvalue weighted by atomic mass is 9.88. The van der Waals surface area contributed by atoms with Gasteiger partial charge in [0.1, 0.15) is 0 Å². The topological polar surface area (TPSA) is 34.1 Å². The van der Waals surface area contributed by atoms with Gasteiger partial charge in [-0.25, -0.2) is 8.42 Å². The van der Waals surface area contributed by atoms with Gasteiger partial charge in [-0.2, -0.15) is 0 Å². The first-order valence-electron chi connectivity index (χ1n) is 7.85. The van der Waals surface area contributed by atoms with Crippen molar-refractivity contribution in [1.82, 2.24) is 0 Å². The lowest BCUT2D eigenvalue weighted by molar-refractivity contribution is 0.360. The van der Waals surface area contributed by atoms with Crippen LogP contribution in [0.4, 0.5) is 0 Å². The molecule has 0 aromatic heterocycles. The van der Waals surface area contributed by atoms with Gasteiger partial charge >= 0.3 is 0 Å². The molecule has 1 saturated heterocycles. The Morgan fingerprint density at radius 1 is 1.11 bits per heavy atom.